The molecule has 0 atom stereocenters. The van der Waals surface area contributed by atoms with Crippen LogP contribution in [-0.2, 0) is 6.42 Å². The monoisotopic (exact) mass is 339 g/mol. The summed E-state index contributed by atoms with van der Waals surface area (Å²) in [6, 6.07) is 12.8. The van der Waals surface area contributed by atoms with E-state index in [-0.39, 0.29) is 0 Å². The number of aryl methyl sites for hydroxylation is 3. The van der Waals surface area contributed by atoms with Gasteiger partial charge in [0.25, 0.3) is 0 Å². The lowest BCUT2D eigenvalue weighted by molar-refractivity contribution is 0.299. The van der Waals surface area contributed by atoms with Gasteiger partial charge in [0.1, 0.15) is 0 Å². The highest BCUT2D eigenvalue weighted by Gasteiger charge is 2.03. The van der Waals surface area contributed by atoms with Crippen LogP contribution in [0.25, 0.3) is 0 Å². The molecule has 1 heterocycles. The first-order valence-corrected chi connectivity index (χ1v) is 8.88. The number of pyridine rings is 1. The van der Waals surface area contributed by atoms with Gasteiger partial charge in [-0.05, 0) is 57.7 Å². The van der Waals surface area contributed by atoms with Crippen molar-refractivity contribution < 1.29 is 4.74 Å². The van der Waals surface area contributed by atoms with Crippen molar-refractivity contribution in [3.05, 3.63) is 53.2 Å². The molecule has 0 radical (unpaired) electrons. The maximum Gasteiger partial charge on any atom is 0.213 e. The zero-order chi connectivity index (χ0) is 18.2. The van der Waals surface area contributed by atoms with Crippen molar-refractivity contribution in [2.45, 2.75) is 46.6 Å². The molecule has 0 amide bonds. The second-order valence-electron chi connectivity index (χ2n) is 6.64. The minimum Gasteiger partial charge on any atom is -0.478 e. The summed E-state index contributed by atoms with van der Waals surface area (Å²) >= 11 is 0. The fourth-order valence-electron chi connectivity index (χ4n) is 2.36. The summed E-state index contributed by atoms with van der Waals surface area (Å²) in [6.07, 6.45) is 3.84. The van der Waals surface area contributed by atoms with Gasteiger partial charge in [-0.2, -0.15) is 0 Å². The smallest absolute Gasteiger partial charge is 0.213 e. The van der Waals surface area contributed by atoms with Gasteiger partial charge in [-0.1, -0.05) is 24.3 Å². The highest BCUT2D eigenvalue weighted by molar-refractivity contribution is 5.62. The maximum absolute atomic E-state index is 5.79. The first-order chi connectivity index (χ1) is 12.0. The summed E-state index contributed by atoms with van der Waals surface area (Å²) < 4.78 is 5.79. The van der Waals surface area contributed by atoms with Crippen LogP contribution in [0.5, 0.6) is 5.88 Å². The minimum atomic E-state index is 0.424. The lowest BCUT2D eigenvalue weighted by atomic mass is 10.0. The van der Waals surface area contributed by atoms with Crippen molar-refractivity contribution >= 4 is 12.0 Å². The van der Waals surface area contributed by atoms with E-state index in [4.69, 9.17) is 4.74 Å². The van der Waals surface area contributed by atoms with Crippen molar-refractivity contribution in [1.29, 1.82) is 0 Å². The number of rotatable bonds is 8. The van der Waals surface area contributed by atoms with Gasteiger partial charge in [0, 0.05) is 19.2 Å². The molecule has 0 unspecified atom stereocenters. The van der Waals surface area contributed by atoms with E-state index < -0.39 is 0 Å². The Morgan fingerprint density at radius 1 is 1.16 bits per heavy atom. The molecule has 2 rings (SSSR count). The third-order valence-corrected chi connectivity index (χ3v) is 4.33. The number of aliphatic imine (C=N–C) groups is 1. The zero-order valence-corrected chi connectivity index (χ0v) is 16.0. The van der Waals surface area contributed by atoms with E-state index in [2.05, 4.69) is 59.9 Å². The molecule has 134 valence electrons. The van der Waals surface area contributed by atoms with Crippen molar-refractivity contribution in [3.8, 4) is 5.88 Å². The van der Waals surface area contributed by atoms with E-state index in [0.29, 0.717) is 18.5 Å². The van der Waals surface area contributed by atoms with Crippen LogP contribution in [0.15, 0.2) is 41.4 Å². The van der Waals surface area contributed by atoms with Gasteiger partial charge >= 0.3 is 0 Å². The van der Waals surface area contributed by atoms with Crippen LogP contribution < -0.4 is 4.74 Å². The van der Waals surface area contributed by atoms with E-state index in [1.165, 1.54) is 11.1 Å². The Balaban J connectivity index is 1.85. The van der Waals surface area contributed by atoms with Gasteiger partial charge in [0.05, 0.1) is 24.3 Å². The minimum absolute atomic E-state index is 0.424. The van der Waals surface area contributed by atoms with Gasteiger partial charge < -0.3 is 9.64 Å². The van der Waals surface area contributed by atoms with E-state index in [1.54, 1.807) is 0 Å². The Morgan fingerprint density at radius 3 is 2.60 bits per heavy atom. The Labute approximate surface area is 151 Å². The molecule has 0 saturated heterocycles. The maximum atomic E-state index is 5.79. The Bertz CT molecular complexity index is 710. The summed E-state index contributed by atoms with van der Waals surface area (Å²) in [5.41, 5.74) is 4.48. The van der Waals surface area contributed by atoms with Crippen LogP contribution in [-0.4, -0.2) is 35.9 Å². The van der Waals surface area contributed by atoms with Gasteiger partial charge in [0.2, 0.25) is 5.88 Å². The highest BCUT2D eigenvalue weighted by atomic mass is 16.5. The Morgan fingerprint density at radius 2 is 1.92 bits per heavy atom. The van der Waals surface area contributed by atoms with Crippen molar-refractivity contribution in [2.75, 3.05) is 13.7 Å². The van der Waals surface area contributed by atoms with Crippen molar-refractivity contribution in [1.82, 2.24) is 9.88 Å². The van der Waals surface area contributed by atoms with E-state index >= 15 is 0 Å². The average molecular weight is 339 g/mol. The number of hydrogen-bond donors (Lipinski definition) is 0. The summed E-state index contributed by atoms with van der Waals surface area (Å²) in [6.45, 7) is 9.04. The number of nitrogens with zero attached hydrogens (tertiary/aromatic N) is 3. The van der Waals surface area contributed by atoms with Crippen LogP contribution in [0, 0.1) is 13.8 Å². The van der Waals surface area contributed by atoms with Gasteiger partial charge in [0.15, 0.2) is 0 Å². The molecular weight excluding hydrogens is 310 g/mol. The highest BCUT2D eigenvalue weighted by Crippen LogP contribution is 2.20. The van der Waals surface area contributed by atoms with Gasteiger partial charge in [-0.15, -0.1) is 0 Å². The predicted octanol–water partition coefficient (Wildman–Crippen LogP) is 4.71. The van der Waals surface area contributed by atoms with E-state index in [9.17, 15) is 0 Å². The van der Waals surface area contributed by atoms with Crippen LogP contribution in [0.4, 0.5) is 5.69 Å². The van der Waals surface area contributed by atoms with Gasteiger partial charge in [-0.25, -0.2) is 9.98 Å². The summed E-state index contributed by atoms with van der Waals surface area (Å²) in [4.78, 5) is 11.1. The standard InChI is InChI=1S/C21H29N3O/c1-16(2)24(5)15-22-20-12-13-21(23-18(20)4)25-14-8-11-19-10-7-6-9-17(19)3/h6-7,9-10,12-13,15-16H,8,11,14H2,1-5H3/b22-15+. The molecule has 4 nitrogen and oxygen atoms in total. The molecular formula is C21H29N3O. The van der Waals surface area contributed by atoms with Crippen LogP contribution in [0.2, 0.25) is 0 Å². The Kier molecular flexibility index (Phi) is 6.99. The molecule has 0 fully saturated rings. The third kappa shape index (κ3) is 5.89. The largest absolute Gasteiger partial charge is 0.478 e. The predicted molar refractivity (Wildman–Crippen MR) is 105 cm³/mol. The van der Waals surface area contributed by atoms with Crippen molar-refractivity contribution in [3.63, 3.8) is 0 Å². The second-order valence-corrected chi connectivity index (χ2v) is 6.64. The molecule has 0 saturated carbocycles. The second kappa shape index (κ2) is 9.21. The van der Waals surface area contributed by atoms with Crippen LogP contribution >= 0.6 is 0 Å². The number of benzene rings is 1. The molecule has 4 heteroatoms. The SMILES string of the molecule is Cc1ccccc1CCCOc1ccc(/N=C/N(C)C(C)C)c(C)n1. The third-order valence-electron chi connectivity index (χ3n) is 4.33. The van der Waals surface area contributed by atoms with E-state index in [1.807, 2.05) is 32.4 Å². The zero-order valence-electron chi connectivity index (χ0n) is 16.0. The van der Waals surface area contributed by atoms with Crippen LogP contribution in [0.3, 0.4) is 0 Å². The molecule has 0 N–H and O–H groups in total. The lowest BCUT2D eigenvalue weighted by Crippen LogP contribution is -2.24. The first-order valence-electron chi connectivity index (χ1n) is 8.88. The molecule has 0 aliphatic carbocycles. The molecule has 25 heavy (non-hydrogen) atoms. The summed E-state index contributed by atoms with van der Waals surface area (Å²) in [5, 5.41) is 0. The summed E-state index contributed by atoms with van der Waals surface area (Å²) in [7, 11) is 2.02. The molecule has 0 spiro atoms. The fourth-order valence-corrected chi connectivity index (χ4v) is 2.36. The normalized spacial score (nSPS) is 11.3. The Hall–Kier alpha value is -2.36. The molecule has 1 aromatic heterocycles. The topological polar surface area (TPSA) is 37.7 Å². The lowest BCUT2D eigenvalue weighted by Gasteiger charge is -2.17. The van der Waals surface area contributed by atoms with Crippen LogP contribution in [0.1, 0.15) is 37.1 Å². The number of aromatic nitrogens is 1. The molecule has 2 aromatic rings. The molecule has 1 aromatic carbocycles. The number of hydrogen-bond acceptors (Lipinski definition) is 3. The quantitative estimate of drug-likeness (QED) is 0.397. The molecule has 0 aliphatic heterocycles. The fraction of sp³-hybridized carbons (Fsp3) is 0.429. The molecule has 0 aliphatic rings. The average Bonchev–Trinajstić information content (AvgIpc) is 2.59. The summed E-state index contributed by atoms with van der Waals surface area (Å²) in [5.74, 6) is 0.665. The first kappa shape index (κ1) is 19.0. The number of ether oxygens (including phenoxy) is 1. The van der Waals surface area contributed by atoms with E-state index in [0.717, 1.165) is 24.2 Å². The molecule has 0 bridgehead atoms. The van der Waals surface area contributed by atoms with Crippen molar-refractivity contribution in [2.24, 2.45) is 4.99 Å². The van der Waals surface area contributed by atoms with Gasteiger partial charge in [-0.3, -0.25) is 0 Å².